The van der Waals surface area contributed by atoms with Gasteiger partial charge in [-0.1, -0.05) is 33.3 Å². The first-order valence-electron chi connectivity index (χ1n) is 15.6. The number of fused-ring (bicyclic) bond motifs is 1. The number of nitrogens with zero attached hydrogens (tertiary/aromatic N) is 4. The van der Waals surface area contributed by atoms with E-state index in [2.05, 4.69) is 30.8 Å². The Morgan fingerprint density at radius 3 is 2.45 bits per heavy atom. The van der Waals surface area contributed by atoms with Crippen LogP contribution < -0.4 is 9.47 Å². The highest BCUT2D eigenvalue weighted by Gasteiger charge is 2.48. The molecule has 0 unspecified atom stereocenters. The maximum Gasteiger partial charge on any atom is 0.308 e. The molecule has 10 heteroatoms. The van der Waals surface area contributed by atoms with Crippen LogP contribution in [0, 0.1) is 11.3 Å². The van der Waals surface area contributed by atoms with Crippen molar-refractivity contribution >= 4 is 17.8 Å². The Kier molecular flexibility index (Phi) is 10.8. The Morgan fingerprint density at radius 1 is 1.07 bits per heavy atom. The van der Waals surface area contributed by atoms with Crippen LogP contribution in [0.4, 0.5) is 0 Å². The summed E-state index contributed by atoms with van der Waals surface area (Å²) < 4.78 is 11.1. The number of amides is 2. The van der Waals surface area contributed by atoms with Gasteiger partial charge in [-0.05, 0) is 70.4 Å². The van der Waals surface area contributed by atoms with E-state index in [9.17, 15) is 19.5 Å². The van der Waals surface area contributed by atoms with Crippen LogP contribution in [0.3, 0.4) is 0 Å². The number of carbonyl (C=O) groups excluding carboxylic acids is 2. The molecule has 1 N–H and O–H groups in total. The quantitative estimate of drug-likeness (QED) is 0.312. The first-order valence-corrected chi connectivity index (χ1v) is 15.6. The van der Waals surface area contributed by atoms with E-state index in [1.165, 1.54) is 0 Å². The lowest BCUT2D eigenvalue weighted by atomic mass is 9.84. The van der Waals surface area contributed by atoms with Gasteiger partial charge in [0.05, 0.1) is 12.5 Å². The summed E-state index contributed by atoms with van der Waals surface area (Å²) in [6.45, 7) is 10.4. The Balaban J connectivity index is 1.54. The van der Waals surface area contributed by atoms with Gasteiger partial charge in [-0.15, -0.1) is 0 Å². The molecule has 234 valence electrons. The minimum Gasteiger partial charge on any atom is -0.481 e. The monoisotopic (exact) mass is 586 g/mol. The Morgan fingerprint density at radius 2 is 1.79 bits per heavy atom. The molecule has 0 radical (unpaired) electrons. The fourth-order valence-electron chi connectivity index (χ4n) is 6.60. The summed E-state index contributed by atoms with van der Waals surface area (Å²) in [6.07, 6.45) is 5.19. The summed E-state index contributed by atoms with van der Waals surface area (Å²) in [6, 6.07) is 5.27. The lowest BCUT2D eigenvalue weighted by molar-refractivity contribution is -0.144. The smallest absolute Gasteiger partial charge is 0.308 e. The van der Waals surface area contributed by atoms with Gasteiger partial charge in [0, 0.05) is 50.1 Å². The van der Waals surface area contributed by atoms with E-state index in [0.29, 0.717) is 50.6 Å². The van der Waals surface area contributed by atoms with Gasteiger partial charge in [0.25, 0.3) is 0 Å². The van der Waals surface area contributed by atoms with E-state index in [1.54, 1.807) is 0 Å². The van der Waals surface area contributed by atoms with Crippen molar-refractivity contribution in [2.45, 2.75) is 71.3 Å². The van der Waals surface area contributed by atoms with Gasteiger partial charge in [0.1, 0.15) is 0 Å². The fourth-order valence-corrected chi connectivity index (χ4v) is 6.60. The number of ether oxygens (including phenoxy) is 2. The number of rotatable bonds is 15. The van der Waals surface area contributed by atoms with Crippen molar-refractivity contribution < 1.29 is 29.0 Å². The van der Waals surface area contributed by atoms with Crippen LogP contribution in [-0.2, 0) is 14.4 Å². The van der Waals surface area contributed by atoms with Crippen LogP contribution in [0.5, 0.6) is 11.5 Å². The van der Waals surface area contributed by atoms with Gasteiger partial charge >= 0.3 is 5.97 Å². The summed E-state index contributed by atoms with van der Waals surface area (Å²) in [5.41, 5.74) is 0.482. The molecule has 10 nitrogen and oxygen atoms in total. The first-order chi connectivity index (χ1) is 20.0. The average Bonchev–Trinajstić information content (AvgIpc) is 3.62. The molecule has 3 aliphatic rings. The lowest BCUT2D eigenvalue weighted by Crippen LogP contribution is -2.46. The lowest BCUT2D eigenvalue weighted by Gasteiger charge is -2.31. The highest BCUT2D eigenvalue weighted by atomic mass is 16.7. The maximum absolute atomic E-state index is 13.8. The Labute approximate surface area is 250 Å². The molecule has 3 atom stereocenters. The zero-order valence-corrected chi connectivity index (χ0v) is 26.1. The SMILES string of the molecule is CCCCN(CCCCN(C)C)C(=O)CN1C[C@H](c2ccc3c(c2)OCO3)[C@H](C(=O)O)[C@H]1CCN1CCC(C)(C)C1=O. The summed E-state index contributed by atoms with van der Waals surface area (Å²) in [5, 5.41) is 10.5. The molecule has 0 saturated carbocycles. The minimum atomic E-state index is -0.878. The zero-order chi connectivity index (χ0) is 30.4. The summed E-state index contributed by atoms with van der Waals surface area (Å²) in [7, 11) is 4.11. The molecule has 0 aromatic heterocycles. The third-order valence-electron chi connectivity index (χ3n) is 9.18. The van der Waals surface area contributed by atoms with Crippen molar-refractivity contribution in [3.8, 4) is 11.5 Å². The van der Waals surface area contributed by atoms with Gasteiger partial charge in [-0.25, -0.2) is 0 Å². The first kappa shape index (κ1) is 32.1. The summed E-state index contributed by atoms with van der Waals surface area (Å²) in [4.78, 5) is 47.7. The third kappa shape index (κ3) is 7.56. The van der Waals surface area contributed by atoms with Crippen molar-refractivity contribution in [1.82, 2.24) is 19.6 Å². The van der Waals surface area contributed by atoms with Crippen LogP contribution in [0.25, 0.3) is 0 Å². The van der Waals surface area contributed by atoms with Gasteiger partial charge in [0.2, 0.25) is 18.6 Å². The van der Waals surface area contributed by atoms with Crippen molar-refractivity contribution in [3.63, 3.8) is 0 Å². The maximum atomic E-state index is 13.8. The molecular weight excluding hydrogens is 536 g/mol. The Bertz CT molecular complexity index is 1110. The van der Waals surface area contributed by atoms with Crippen molar-refractivity contribution in [2.24, 2.45) is 11.3 Å². The highest BCUT2D eigenvalue weighted by Crippen LogP contribution is 2.43. The number of carbonyl (C=O) groups is 3. The molecule has 4 rings (SSSR count). The molecular formula is C32H50N4O6. The van der Waals surface area contributed by atoms with Crippen LogP contribution >= 0.6 is 0 Å². The van der Waals surface area contributed by atoms with Crippen molar-refractivity contribution in [3.05, 3.63) is 23.8 Å². The highest BCUT2D eigenvalue weighted by molar-refractivity contribution is 5.84. The fraction of sp³-hybridized carbons (Fsp3) is 0.719. The largest absolute Gasteiger partial charge is 0.481 e. The van der Waals surface area contributed by atoms with Crippen molar-refractivity contribution in [2.75, 3.05) is 66.7 Å². The normalized spacial score (nSPS) is 23.2. The number of hydrogen-bond donors (Lipinski definition) is 1. The van der Waals surface area contributed by atoms with Gasteiger partial charge in [-0.2, -0.15) is 0 Å². The van der Waals surface area contributed by atoms with Crippen LogP contribution in [0.1, 0.15) is 70.8 Å². The second-order valence-corrected chi connectivity index (χ2v) is 13.0. The molecule has 3 aliphatic heterocycles. The molecule has 1 aromatic rings. The average molecular weight is 587 g/mol. The van der Waals surface area contributed by atoms with E-state index >= 15 is 0 Å². The summed E-state index contributed by atoms with van der Waals surface area (Å²) in [5.74, 6) is -0.466. The molecule has 0 aliphatic carbocycles. The number of likely N-dealkylation sites (tertiary alicyclic amines) is 2. The molecule has 1 aromatic carbocycles. The number of benzene rings is 1. The Hall–Kier alpha value is -2.85. The molecule has 3 heterocycles. The van der Waals surface area contributed by atoms with E-state index in [0.717, 1.165) is 44.2 Å². The number of carboxylic acid groups (broad SMARTS) is 1. The second-order valence-electron chi connectivity index (χ2n) is 13.0. The van der Waals surface area contributed by atoms with E-state index in [4.69, 9.17) is 9.47 Å². The van der Waals surface area contributed by atoms with E-state index < -0.39 is 11.9 Å². The topological polar surface area (TPSA) is 103 Å². The number of unbranched alkanes of at least 4 members (excludes halogenated alkanes) is 2. The number of aliphatic carboxylic acids is 1. The number of carboxylic acids is 1. The van der Waals surface area contributed by atoms with Gasteiger partial charge in [0.15, 0.2) is 11.5 Å². The molecule has 2 saturated heterocycles. The van der Waals surface area contributed by atoms with Gasteiger partial charge in [-0.3, -0.25) is 19.3 Å². The third-order valence-corrected chi connectivity index (χ3v) is 9.18. The molecule has 0 spiro atoms. The van der Waals surface area contributed by atoms with Crippen LogP contribution in [0.15, 0.2) is 18.2 Å². The standard InChI is InChI=1S/C32H50N4O6/c1-6-7-15-34(16-9-8-14-33(4)5)28(37)21-36-20-24(23-10-11-26-27(19-23)42-22-41-26)29(30(38)39)25(36)12-17-35-18-13-32(2,3)31(35)40/h10-11,19,24-25,29H,6-9,12-18,20-22H2,1-5H3,(H,38,39)/t24-,25-,29+/m1/s1. The summed E-state index contributed by atoms with van der Waals surface area (Å²) >= 11 is 0. The van der Waals surface area contributed by atoms with E-state index in [-0.39, 0.29) is 42.5 Å². The van der Waals surface area contributed by atoms with Crippen LogP contribution in [0.2, 0.25) is 0 Å². The van der Waals surface area contributed by atoms with Crippen molar-refractivity contribution in [1.29, 1.82) is 0 Å². The molecule has 2 fully saturated rings. The molecule has 2 amide bonds. The minimum absolute atomic E-state index is 0.0483. The van der Waals surface area contributed by atoms with Crippen LogP contribution in [-0.4, -0.2) is 115 Å². The van der Waals surface area contributed by atoms with Gasteiger partial charge < -0.3 is 29.3 Å². The predicted octanol–water partition coefficient (Wildman–Crippen LogP) is 3.50. The number of hydrogen-bond acceptors (Lipinski definition) is 7. The second kappa shape index (κ2) is 14.1. The van der Waals surface area contributed by atoms with E-state index in [1.807, 2.05) is 41.8 Å². The zero-order valence-electron chi connectivity index (χ0n) is 26.1. The molecule has 0 bridgehead atoms. The predicted molar refractivity (Wildman–Crippen MR) is 161 cm³/mol. The molecule has 42 heavy (non-hydrogen) atoms.